The molecule has 8 nitrogen and oxygen atoms in total. The van der Waals surface area contributed by atoms with Crippen molar-refractivity contribution in [2.24, 2.45) is 11.8 Å². The smallest absolute Gasteiger partial charge is 0.235 e. The molecule has 0 heterocycles. The lowest BCUT2D eigenvalue weighted by Gasteiger charge is -2.44. The third-order valence-electron chi connectivity index (χ3n) is 8.13. The molecule has 3 aromatic carbocycles. The lowest BCUT2D eigenvalue weighted by Crippen LogP contribution is -2.56. The Morgan fingerprint density at radius 2 is 1.45 bits per heavy atom. The number of aryl methyl sites for hydroxylation is 4. The Labute approximate surface area is 260 Å². The molecule has 0 saturated heterocycles. The zero-order chi connectivity index (χ0) is 32.3. The fraction of sp³-hybridized carbons (Fsp3) is 0.417. The lowest BCUT2D eigenvalue weighted by molar-refractivity contribution is -0.150. The molecule has 3 N–H and O–H groups in total. The highest BCUT2D eigenvalue weighted by Gasteiger charge is 2.56. The summed E-state index contributed by atoms with van der Waals surface area (Å²) in [7, 11) is 0. The maximum atomic E-state index is 14.2. The van der Waals surface area contributed by atoms with Crippen molar-refractivity contribution >= 4 is 29.0 Å². The van der Waals surface area contributed by atoms with Crippen LogP contribution in [0.15, 0.2) is 54.6 Å². The Balaban J connectivity index is 1.85. The van der Waals surface area contributed by atoms with Crippen LogP contribution in [0.2, 0.25) is 0 Å². The van der Waals surface area contributed by atoms with Gasteiger partial charge in [-0.25, -0.2) is 0 Å². The number of carbonyl (C=O) groups is 3. The van der Waals surface area contributed by atoms with E-state index in [-0.39, 0.29) is 12.5 Å². The van der Waals surface area contributed by atoms with Crippen LogP contribution >= 0.6 is 0 Å². The van der Waals surface area contributed by atoms with E-state index >= 15 is 0 Å². The van der Waals surface area contributed by atoms with Gasteiger partial charge in [0.25, 0.3) is 0 Å². The minimum Gasteiger partial charge on any atom is -0.490 e. The number of hydrogen-bond acceptors (Lipinski definition) is 6. The number of amides is 2. The first-order valence-electron chi connectivity index (χ1n) is 15.2. The van der Waals surface area contributed by atoms with Gasteiger partial charge in [0.2, 0.25) is 11.8 Å². The van der Waals surface area contributed by atoms with Crippen LogP contribution in [0.5, 0.6) is 11.5 Å². The first-order chi connectivity index (χ1) is 20.7. The highest BCUT2D eigenvalue weighted by atomic mass is 16.5. The molecule has 4 unspecified atom stereocenters. The Kier molecular flexibility index (Phi) is 9.84. The molecule has 8 heteroatoms. The van der Waals surface area contributed by atoms with Gasteiger partial charge in [-0.05, 0) is 96.3 Å². The van der Waals surface area contributed by atoms with Gasteiger partial charge in [0.05, 0.1) is 24.2 Å². The van der Waals surface area contributed by atoms with Gasteiger partial charge in [-0.2, -0.15) is 0 Å². The van der Waals surface area contributed by atoms with E-state index in [0.29, 0.717) is 35.0 Å². The summed E-state index contributed by atoms with van der Waals surface area (Å²) in [5.74, 6) is -3.94. The van der Waals surface area contributed by atoms with E-state index < -0.39 is 41.0 Å². The predicted octanol–water partition coefficient (Wildman–Crippen LogP) is 6.42. The Morgan fingerprint density at radius 1 is 0.886 bits per heavy atom. The van der Waals surface area contributed by atoms with E-state index in [1.54, 1.807) is 24.3 Å². The normalized spacial score (nSPS) is 21.6. The molecule has 0 bridgehead atoms. The summed E-state index contributed by atoms with van der Waals surface area (Å²) in [5, 5.41) is 17.7. The maximum absolute atomic E-state index is 14.2. The fourth-order valence-corrected chi connectivity index (χ4v) is 6.17. The quantitative estimate of drug-likeness (QED) is 0.244. The highest BCUT2D eigenvalue weighted by molar-refractivity contribution is 6.10. The van der Waals surface area contributed by atoms with Crippen molar-refractivity contribution in [3.63, 3.8) is 0 Å². The second-order valence-corrected chi connectivity index (χ2v) is 12.4. The zero-order valence-corrected chi connectivity index (χ0v) is 26.9. The molecule has 0 spiro atoms. The molecule has 0 radical (unpaired) electrons. The largest absolute Gasteiger partial charge is 0.490 e. The van der Waals surface area contributed by atoms with Crippen LogP contribution in [0.1, 0.15) is 67.9 Å². The highest BCUT2D eigenvalue weighted by Crippen LogP contribution is 2.48. The number of hydrogen-bond donors (Lipinski definition) is 3. The molecule has 0 aliphatic heterocycles. The number of anilines is 2. The third kappa shape index (κ3) is 7.13. The number of rotatable bonds is 9. The second kappa shape index (κ2) is 13.2. The second-order valence-electron chi connectivity index (χ2n) is 12.4. The Hall–Kier alpha value is -4.17. The summed E-state index contributed by atoms with van der Waals surface area (Å²) >= 11 is 0. The Morgan fingerprint density at radius 3 is 1.98 bits per heavy atom. The number of aliphatic hydroxyl groups is 1. The average Bonchev–Trinajstić information content (AvgIpc) is 2.91. The predicted molar refractivity (Wildman–Crippen MR) is 172 cm³/mol. The van der Waals surface area contributed by atoms with Crippen molar-refractivity contribution in [1.29, 1.82) is 0 Å². The van der Waals surface area contributed by atoms with Crippen molar-refractivity contribution in [3.8, 4) is 11.5 Å². The molecule has 4 rings (SSSR count). The molecule has 44 heavy (non-hydrogen) atoms. The Bertz CT molecular complexity index is 1560. The molecule has 0 aromatic heterocycles. The summed E-state index contributed by atoms with van der Waals surface area (Å²) < 4.78 is 11.9. The van der Waals surface area contributed by atoms with E-state index in [2.05, 4.69) is 10.6 Å². The molecule has 4 atom stereocenters. The number of nitrogens with one attached hydrogen (secondary N) is 2. The van der Waals surface area contributed by atoms with Gasteiger partial charge in [-0.1, -0.05) is 41.5 Å². The summed E-state index contributed by atoms with van der Waals surface area (Å²) in [5.41, 5.74) is 3.75. The SMILES string of the molecule is CCOc1cc(C2C(C(=O)Nc3ccc(C)cc3C)C(=O)CC(C)(O)C2C(=O)Nc2ccc(C)cc2C)ccc1OC(C)C. The standard InChI is InChI=1S/C36H44N2O6/c1-9-43-30-18-25(12-15-29(30)44-20(2)3)31-32(34(40)37-26-13-10-21(4)16-23(26)6)28(39)19-36(8,42)33(31)35(41)38-27-14-11-22(5)17-24(27)7/h10-18,20,31-33,42H,9,19H2,1-8H3,(H,37,40)(H,38,41). The summed E-state index contributed by atoms with van der Waals surface area (Å²) in [4.78, 5) is 42.0. The minimum atomic E-state index is -1.74. The van der Waals surface area contributed by atoms with Gasteiger partial charge in [-0.15, -0.1) is 0 Å². The third-order valence-corrected chi connectivity index (χ3v) is 8.13. The molecular weight excluding hydrogens is 556 g/mol. The van der Waals surface area contributed by atoms with Crippen LogP contribution in [-0.2, 0) is 14.4 Å². The zero-order valence-electron chi connectivity index (χ0n) is 26.9. The number of ether oxygens (including phenoxy) is 2. The van der Waals surface area contributed by atoms with E-state index in [1.165, 1.54) is 6.92 Å². The van der Waals surface area contributed by atoms with Gasteiger partial charge in [0.15, 0.2) is 11.5 Å². The molecule has 1 saturated carbocycles. The van der Waals surface area contributed by atoms with Gasteiger partial charge >= 0.3 is 0 Å². The van der Waals surface area contributed by atoms with Crippen molar-refractivity contribution in [2.45, 2.75) is 79.4 Å². The van der Waals surface area contributed by atoms with Crippen molar-refractivity contribution in [1.82, 2.24) is 0 Å². The fourth-order valence-electron chi connectivity index (χ4n) is 6.17. The van der Waals surface area contributed by atoms with Crippen molar-refractivity contribution < 1.29 is 29.0 Å². The van der Waals surface area contributed by atoms with Crippen LogP contribution in [0.25, 0.3) is 0 Å². The van der Waals surface area contributed by atoms with Crippen molar-refractivity contribution in [3.05, 3.63) is 82.4 Å². The number of ketones is 1. The van der Waals surface area contributed by atoms with Crippen LogP contribution in [0.4, 0.5) is 11.4 Å². The number of Topliss-reactive ketones (excluding diaryl/α,β-unsaturated/α-hetero) is 1. The lowest BCUT2D eigenvalue weighted by atomic mass is 9.61. The van der Waals surface area contributed by atoms with E-state index in [1.807, 2.05) is 78.8 Å². The number of carbonyl (C=O) groups excluding carboxylic acids is 3. The van der Waals surface area contributed by atoms with Crippen LogP contribution in [0, 0.1) is 39.5 Å². The molecule has 3 aromatic rings. The van der Waals surface area contributed by atoms with Crippen LogP contribution in [0.3, 0.4) is 0 Å². The molecule has 1 aliphatic rings. The number of benzene rings is 3. The summed E-state index contributed by atoms with van der Waals surface area (Å²) in [6.07, 6.45) is -0.476. The van der Waals surface area contributed by atoms with E-state index in [9.17, 15) is 19.5 Å². The van der Waals surface area contributed by atoms with E-state index in [4.69, 9.17) is 9.47 Å². The molecule has 2 amide bonds. The molecule has 234 valence electrons. The molecule has 1 aliphatic carbocycles. The molecule has 1 fully saturated rings. The summed E-state index contributed by atoms with van der Waals surface area (Å²) in [6.45, 7) is 15.2. The summed E-state index contributed by atoms with van der Waals surface area (Å²) in [6, 6.07) is 16.5. The monoisotopic (exact) mass is 600 g/mol. The first-order valence-corrected chi connectivity index (χ1v) is 15.2. The van der Waals surface area contributed by atoms with Gasteiger partial charge in [-0.3, -0.25) is 14.4 Å². The average molecular weight is 601 g/mol. The van der Waals surface area contributed by atoms with Crippen LogP contribution in [-0.4, -0.2) is 41.0 Å². The maximum Gasteiger partial charge on any atom is 0.235 e. The van der Waals surface area contributed by atoms with Gasteiger partial charge in [0, 0.05) is 23.7 Å². The topological polar surface area (TPSA) is 114 Å². The molecular formula is C36H44N2O6. The van der Waals surface area contributed by atoms with Crippen molar-refractivity contribution in [2.75, 3.05) is 17.2 Å². The van der Waals surface area contributed by atoms with Gasteiger partial charge in [0.1, 0.15) is 11.7 Å². The van der Waals surface area contributed by atoms with Crippen LogP contribution < -0.4 is 20.1 Å². The van der Waals surface area contributed by atoms with E-state index in [0.717, 1.165) is 22.3 Å². The first kappa shape index (κ1) is 32.7. The minimum absolute atomic E-state index is 0.121. The van der Waals surface area contributed by atoms with Gasteiger partial charge < -0.3 is 25.2 Å².